The van der Waals surface area contributed by atoms with Crippen LogP contribution in [0.4, 0.5) is 0 Å². The third-order valence-corrected chi connectivity index (χ3v) is 6.69. The zero-order valence-electron chi connectivity index (χ0n) is 13.7. The van der Waals surface area contributed by atoms with E-state index in [0.29, 0.717) is 5.92 Å². The van der Waals surface area contributed by atoms with Crippen LogP contribution in [0.1, 0.15) is 45.4 Å². The van der Waals surface area contributed by atoms with Crippen molar-refractivity contribution >= 4 is 11.8 Å². The molecule has 3 heterocycles. The van der Waals surface area contributed by atoms with Gasteiger partial charge in [-0.3, -0.25) is 0 Å². The van der Waals surface area contributed by atoms with Gasteiger partial charge in [-0.25, -0.2) is 9.78 Å². The topological polar surface area (TPSA) is 36.9 Å². The molecule has 0 aromatic heterocycles. The molecule has 4 atom stereocenters. The van der Waals surface area contributed by atoms with E-state index in [1.807, 2.05) is 19.1 Å². The number of hydrogen-bond acceptors (Lipinski definition) is 5. The van der Waals surface area contributed by atoms with Crippen LogP contribution in [0.2, 0.25) is 0 Å². The maximum Gasteiger partial charge on any atom is 0.200 e. The monoisotopic (exact) mass is 336 g/mol. The lowest BCUT2D eigenvalue weighted by molar-refractivity contribution is -0.513. The van der Waals surface area contributed by atoms with Gasteiger partial charge in [-0.15, -0.1) is 0 Å². The van der Waals surface area contributed by atoms with Crippen LogP contribution < -0.4 is 4.74 Å². The zero-order chi connectivity index (χ0) is 15.9. The second-order valence-electron chi connectivity index (χ2n) is 6.98. The first-order chi connectivity index (χ1) is 11.1. The molecule has 0 unspecified atom stereocenters. The fourth-order valence-electron chi connectivity index (χ4n) is 4.04. The molecular formula is C18H24O4S. The standard InChI is InChI=1S/C18H24O4S/c1-17-12-10-13-5-3-4-11-18(13,22-21-17)16(20-17)23-15-8-6-14(19-2)7-9-15/h6-9,13,16H,3-5,10-12H2,1-2H3/t13-,16+,17-,18+/m1/s1. The third kappa shape index (κ3) is 2.78. The lowest BCUT2D eigenvalue weighted by Gasteiger charge is -2.49. The molecule has 1 aromatic rings. The highest BCUT2D eigenvalue weighted by Gasteiger charge is 2.59. The normalized spacial score (nSPS) is 39.6. The molecule has 1 aliphatic carbocycles. The molecule has 3 aliphatic heterocycles. The number of methoxy groups -OCH3 is 1. The predicted molar refractivity (Wildman–Crippen MR) is 88.2 cm³/mol. The Hall–Kier alpha value is -0.750. The fraction of sp³-hybridized carbons (Fsp3) is 0.667. The average Bonchev–Trinajstić information content (AvgIpc) is 2.80. The van der Waals surface area contributed by atoms with Gasteiger partial charge in [-0.05, 0) is 56.4 Å². The lowest BCUT2D eigenvalue weighted by Crippen LogP contribution is -2.57. The Morgan fingerprint density at radius 2 is 1.91 bits per heavy atom. The van der Waals surface area contributed by atoms with Gasteiger partial charge in [0.25, 0.3) is 0 Å². The first kappa shape index (κ1) is 15.8. The van der Waals surface area contributed by atoms with Gasteiger partial charge in [0.05, 0.1) is 7.11 Å². The number of ether oxygens (including phenoxy) is 2. The minimum atomic E-state index is -0.618. The second-order valence-corrected chi connectivity index (χ2v) is 8.12. The van der Waals surface area contributed by atoms with Crippen LogP contribution >= 0.6 is 11.8 Å². The minimum Gasteiger partial charge on any atom is -0.497 e. The van der Waals surface area contributed by atoms with Crippen molar-refractivity contribution in [1.82, 2.24) is 0 Å². The number of thioether (sulfide) groups is 1. The molecule has 3 saturated heterocycles. The van der Waals surface area contributed by atoms with Crippen molar-refractivity contribution in [2.24, 2.45) is 5.92 Å². The van der Waals surface area contributed by atoms with Crippen LogP contribution in [0, 0.1) is 5.92 Å². The summed E-state index contributed by atoms with van der Waals surface area (Å²) in [5.74, 6) is 0.779. The zero-order valence-corrected chi connectivity index (χ0v) is 14.6. The minimum absolute atomic E-state index is 0.0255. The van der Waals surface area contributed by atoms with Gasteiger partial charge in [-0.2, -0.15) is 0 Å². The molecule has 4 nitrogen and oxygen atoms in total. The Morgan fingerprint density at radius 1 is 1.09 bits per heavy atom. The van der Waals surface area contributed by atoms with Gasteiger partial charge < -0.3 is 9.47 Å². The maximum atomic E-state index is 6.40. The van der Waals surface area contributed by atoms with Gasteiger partial charge in [0, 0.05) is 11.3 Å². The Morgan fingerprint density at radius 3 is 2.70 bits per heavy atom. The molecule has 4 aliphatic rings. The van der Waals surface area contributed by atoms with E-state index in [0.717, 1.165) is 25.0 Å². The van der Waals surface area contributed by atoms with Crippen LogP contribution in [0.15, 0.2) is 29.2 Å². The summed E-state index contributed by atoms with van der Waals surface area (Å²) in [6.45, 7) is 2.00. The number of benzene rings is 1. The average molecular weight is 336 g/mol. The van der Waals surface area contributed by atoms with Crippen molar-refractivity contribution in [3.8, 4) is 5.75 Å². The smallest absolute Gasteiger partial charge is 0.200 e. The third-order valence-electron chi connectivity index (χ3n) is 5.44. The van der Waals surface area contributed by atoms with Crippen LogP contribution in [-0.4, -0.2) is 23.9 Å². The molecule has 0 amide bonds. The van der Waals surface area contributed by atoms with E-state index in [1.54, 1.807) is 18.9 Å². The molecule has 126 valence electrons. The van der Waals surface area contributed by atoms with Crippen LogP contribution in [0.5, 0.6) is 5.75 Å². The SMILES string of the molecule is COc1ccc(S[C@@H]2O[C@@]3(C)CC[C@H]4CCCC[C@]42OO3)cc1. The van der Waals surface area contributed by atoms with Crippen molar-refractivity contribution in [2.45, 2.75) is 67.2 Å². The molecule has 5 heteroatoms. The van der Waals surface area contributed by atoms with Crippen LogP contribution in [-0.2, 0) is 14.5 Å². The molecule has 0 radical (unpaired) electrons. The first-order valence-electron chi connectivity index (χ1n) is 8.49. The van der Waals surface area contributed by atoms with E-state index in [4.69, 9.17) is 19.2 Å². The van der Waals surface area contributed by atoms with Crippen molar-refractivity contribution in [3.05, 3.63) is 24.3 Å². The fourth-order valence-corrected chi connectivity index (χ4v) is 5.38. The Balaban J connectivity index is 1.62. The molecule has 1 saturated carbocycles. The summed E-state index contributed by atoms with van der Waals surface area (Å²) in [7, 11) is 1.69. The van der Waals surface area contributed by atoms with E-state index >= 15 is 0 Å². The number of rotatable bonds is 3. The summed E-state index contributed by atoms with van der Waals surface area (Å²) in [5, 5.41) is 0. The van der Waals surface area contributed by atoms with E-state index in [1.165, 1.54) is 24.2 Å². The quantitative estimate of drug-likeness (QED) is 0.758. The van der Waals surface area contributed by atoms with E-state index in [-0.39, 0.29) is 11.0 Å². The Bertz CT molecular complexity index is 559. The first-order valence-corrected chi connectivity index (χ1v) is 9.37. The van der Waals surface area contributed by atoms with Crippen LogP contribution in [0.25, 0.3) is 0 Å². The van der Waals surface area contributed by atoms with Gasteiger partial charge in [-0.1, -0.05) is 24.6 Å². The van der Waals surface area contributed by atoms with Gasteiger partial charge in [0.2, 0.25) is 0 Å². The molecule has 4 fully saturated rings. The Labute approximate surface area is 141 Å². The van der Waals surface area contributed by atoms with E-state index < -0.39 is 5.79 Å². The molecule has 2 bridgehead atoms. The summed E-state index contributed by atoms with van der Waals surface area (Å²) in [4.78, 5) is 12.9. The summed E-state index contributed by atoms with van der Waals surface area (Å²) in [5.41, 5.74) is -0.332. The lowest BCUT2D eigenvalue weighted by atomic mass is 9.74. The van der Waals surface area contributed by atoms with Crippen molar-refractivity contribution in [3.63, 3.8) is 0 Å². The van der Waals surface area contributed by atoms with Gasteiger partial charge in [0.15, 0.2) is 5.79 Å². The highest BCUT2D eigenvalue weighted by atomic mass is 32.2. The van der Waals surface area contributed by atoms with Gasteiger partial charge >= 0.3 is 0 Å². The molecule has 1 spiro atoms. The summed E-state index contributed by atoms with van der Waals surface area (Å²) >= 11 is 1.75. The second kappa shape index (κ2) is 5.96. The largest absolute Gasteiger partial charge is 0.497 e. The molecule has 0 N–H and O–H groups in total. The summed E-state index contributed by atoms with van der Waals surface area (Å²) in [6, 6.07) is 8.16. The predicted octanol–water partition coefficient (Wildman–Crippen LogP) is 4.53. The van der Waals surface area contributed by atoms with E-state index in [2.05, 4.69) is 12.1 Å². The highest BCUT2D eigenvalue weighted by Crippen LogP contribution is 2.55. The number of hydrogen-bond donors (Lipinski definition) is 0. The molecule has 23 heavy (non-hydrogen) atoms. The van der Waals surface area contributed by atoms with Crippen molar-refractivity contribution in [1.29, 1.82) is 0 Å². The molecular weight excluding hydrogens is 312 g/mol. The summed E-state index contributed by atoms with van der Waals surface area (Å²) < 4.78 is 11.6. The molecule has 5 rings (SSSR count). The maximum absolute atomic E-state index is 6.40. The number of fused-ring (bicyclic) bond motifs is 3. The van der Waals surface area contributed by atoms with Crippen LogP contribution in [0.3, 0.4) is 0 Å². The summed E-state index contributed by atoms with van der Waals surface area (Å²) in [6.07, 6.45) is 6.71. The van der Waals surface area contributed by atoms with E-state index in [9.17, 15) is 0 Å². The van der Waals surface area contributed by atoms with Crippen molar-refractivity contribution in [2.75, 3.05) is 7.11 Å². The highest BCUT2D eigenvalue weighted by molar-refractivity contribution is 7.99. The van der Waals surface area contributed by atoms with Crippen molar-refractivity contribution < 1.29 is 19.2 Å². The molecule has 1 aromatic carbocycles. The Kier molecular flexibility index (Phi) is 4.08. The van der Waals surface area contributed by atoms with Gasteiger partial charge in [0.1, 0.15) is 16.8 Å².